The van der Waals surface area contributed by atoms with Crippen LogP contribution in [-0.4, -0.2) is 39.9 Å². The van der Waals surface area contributed by atoms with Gasteiger partial charge < -0.3 is 10.4 Å². The van der Waals surface area contributed by atoms with Crippen molar-refractivity contribution in [2.75, 3.05) is 18.5 Å². The van der Waals surface area contributed by atoms with Gasteiger partial charge in [-0.3, -0.25) is 24.6 Å². The highest BCUT2D eigenvalue weighted by atomic mass is 79.9. The van der Waals surface area contributed by atoms with Crippen molar-refractivity contribution in [3.63, 3.8) is 0 Å². The van der Waals surface area contributed by atoms with E-state index in [9.17, 15) is 24.1 Å². The number of β-amino-alcohol motifs (C(OH)–C–C–N with tert-alkyl or cyclic N) is 1. The summed E-state index contributed by atoms with van der Waals surface area (Å²) in [5.41, 5.74) is -0.832. The molecular weight excluding hydrogens is 365 g/mol. The van der Waals surface area contributed by atoms with Crippen molar-refractivity contribution < 1.29 is 24.0 Å². The van der Waals surface area contributed by atoms with Crippen LogP contribution in [0.25, 0.3) is 0 Å². The first-order valence-electron chi connectivity index (χ1n) is 5.94. The molecule has 1 aliphatic rings. The Labute approximate surface area is 131 Å². The number of nitro groups is 1. The third-order valence-corrected chi connectivity index (χ3v) is 3.49. The molecule has 0 fully saturated rings. The van der Waals surface area contributed by atoms with Gasteiger partial charge >= 0.3 is 5.69 Å². The molecule has 22 heavy (non-hydrogen) atoms. The largest absolute Gasteiger partial charge is 0.395 e. The van der Waals surface area contributed by atoms with Gasteiger partial charge in [-0.2, -0.15) is 4.39 Å². The number of hydrogen-bond donors (Lipinski definition) is 2. The molecule has 0 atom stereocenters. The molecule has 2 N–H and O–H groups in total. The topological polar surface area (TPSA) is 113 Å². The van der Waals surface area contributed by atoms with E-state index in [1.165, 1.54) is 0 Å². The minimum atomic E-state index is -1.04. The van der Waals surface area contributed by atoms with Crippen LogP contribution in [0.2, 0.25) is 0 Å². The molecule has 0 bridgehead atoms. The highest BCUT2D eigenvalue weighted by Gasteiger charge is 2.31. The molecule has 8 nitrogen and oxygen atoms in total. The number of carbonyl (C=O) groups is 2. The Hall–Kier alpha value is -2.33. The number of nitrogens with zero attached hydrogens (tertiary/aromatic N) is 2. The number of rotatable bonds is 5. The molecule has 1 aliphatic heterocycles. The Morgan fingerprint density at radius 3 is 2.68 bits per heavy atom. The predicted molar refractivity (Wildman–Crippen MR) is 76.3 cm³/mol. The van der Waals surface area contributed by atoms with Crippen molar-refractivity contribution in [3.8, 4) is 0 Å². The van der Waals surface area contributed by atoms with E-state index in [1.807, 2.05) is 0 Å². The summed E-state index contributed by atoms with van der Waals surface area (Å²) in [5, 5.41) is 22.1. The molecule has 116 valence electrons. The number of amides is 2. The zero-order chi connectivity index (χ0) is 16.4. The summed E-state index contributed by atoms with van der Waals surface area (Å²) < 4.78 is 13.6. The number of aliphatic hydroxyl groups is 1. The van der Waals surface area contributed by atoms with Gasteiger partial charge in [0.15, 0.2) is 0 Å². The summed E-state index contributed by atoms with van der Waals surface area (Å²) in [6.45, 7) is -0.547. The van der Waals surface area contributed by atoms with E-state index in [0.717, 1.165) is 23.1 Å². The molecule has 10 heteroatoms. The summed E-state index contributed by atoms with van der Waals surface area (Å²) in [6, 6.07) is 1.79. The fourth-order valence-electron chi connectivity index (χ4n) is 1.83. The Bertz CT molecular complexity index is 706. The van der Waals surface area contributed by atoms with Gasteiger partial charge in [-0.15, -0.1) is 0 Å². The van der Waals surface area contributed by atoms with E-state index in [-0.39, 0.29) is 29.0 Å². The Morgan fingerprint density at radius 2 is 2.09 bits per heavy atom. The van der Waals surface area contributed by atoms with Gasteiger partial charge in [0.05, 0.1) is 23.8 Å². The van der Waals surface area contributed by atoms with E-state index in [2.05, 4.69) is 21.2 Å². The number of nitrogens with one attached hydrogen (secondary N) is 1. The fourth-order valence-corrected chi connectivity index (χ4v) is 2.24. The molecule has 0 aliphatic carbocycles. The van der Waals surface area contributed by atoms with Crippen molar-refractivity contribution in [1.82, 2.24) is 4.90 Å². The van der Waals surface area contributed by atoms with Gasteiger partial charge in [-0.1, -0.05) is 0 Å². The van der Waals surface area contributed by atoms with E-state index in [0.29, 0.717) is 0 Å². The third kappa shape index (κ3) is 2.97. The normalized spacial score (nSPS) is 14.3. The monoisotopic (exact) mass is 373 g/mol. The molecule has 2 rings (SSSR count). The molecule has 0 saturated heterocycles. The lowest BCUT2D eigenvalue weighted by atomic mass is 10.2. The van der Waals surface area contributed by atoms with Crippen molar-refractivity contribution in [3.05, 3.63) is 44.3 Å². The molecular formula is C12H9BrFN3O5. The number of imide groups is 1. The van der Waals surface area contributed by atoms with Gasteiger partial charge in [-0.25, -0.2) is 0 Å². The number of aliphatic hydroxyl groups excluding tert-OH is 1. The summed E-state index contributed by atoms with van der Waals surface area (Å²) in [6.07, 6.45) is 1.000. The number of carbonyl (C=O) groups excluding carboxylic acids is 2. The molecule has 0 radical (unpaired) electrons. The van der Waals surface area contributed by atoms with Gasteiger partial charge in [0.2, 0.25) is 5.82 Å². The minimum absolute atomic E-state index is 0.0614. The van der Waals surface area contributed by atoms with Gasteiger partial charge in [0, 0.05) is 16.6 Å². The lowest BCUT2D eigenvalue weighted by Gasteiger charge is -2.14. The smallest absolute Gasteiger partial charge is 0.306 e. The minimum Gasteiger partial charge on any atom is -0.395 e. The van der Waals surface area contributed by atoms with E-state index < -0.39 is 28.2 Å². The van der Waals surface area contributed by atoms with Crippen molar-refractivity contribution in [1.29, 1.82) is 0 Å². The van der Waals surface area contributed by atoms with Crippen LogP contribution in [0.4, 0.5) is 15.8 Å². The number of benzene rings is 1. The number of nitro benzene ring substituents is 1. The standard InChI is InChI=1S/C12H9BrFN3O5/c13-6-3-7(14)10(17(21)22)4-8(6)15-9-5-11(19)16(1-2-18)12(9)20/h3-5,15,18H,1-2H2. The zero-order valence-electron chi connectivity index (χ0n) is 10.9. The van der Waals surface area contributed by atoms with Crippen LogP contribution in [0.1, 0.15) is 0 Å². The average molecular weight is 374 g/mol. The summed E-state index contributed by atoms with van der Waals surface area (Å²) in [5.74, 6) is -2.33. The van der Waals surface area contributed by atoms with Gasteiger partial charge in [0.25, 0.3) is 11.8 Å². The van der Waals surface area contributed by atoms with E-state index >= 15 is 0 Å². The summed E-state index contributed by atoms with van der Waals surface area (Å²) in [7, 11) is 0. The van der Waals surface area contributed by atoms with Crippen LogP contribution in [0.15, 0.2) is 28.4 Å². The predicted octanol–water partition coefficient (Wildman–Crippen LogP) is 1.15. The highest BCUT2D eigenvalue weighted by molar-refractivity contribution is 9.10. The lowest BCUT2D eigenvalue weighted by molar-refractivity contribution is -0.387. The van der Waals surface area contributed by atoms with Crippen molar-refractivity contribution in [2.45, 2.75) is 0 Å². The Balaban J connectivity index is 2.30. The maximum absolute atomic E-state index is 13.4. The SMILES string of the molecule is O=C1C=C(Nc2cc([N+](=O)[O-])c(F)cc2Br)C(=O)N1CCO. The summed E-state index contributed by atoms with van der Waals surface area (Å²) in [4.78, 5) is 34.2. The van der Waals surface area contributed by atoms with Crippen LogP contribution in [-0.2, 0) is 9.59 Å². The molecule has 1 aromatic carbocycles. The Kier molecular flexibility index (Phi) is 4.52. The molecule has 1 aromatic rings. The molecule has 1 heterocycles. The molecule has 2 amide bonds. The van der Waals surface area contributed by atoms with Crippen LogP contribution in [0, 0.1) is 15.9 Å². The van der Waals surface area contributed by atoms with Crippen LogP contribution >= 0.6 is 15.9 Å². The molecule has 0 unspecified atom stereocenters. The van der Waals surface area contributed by atoms with Crippen LogP contribution in [0.3, 0.4) is 0 Å². The first kappa shape index (κ1) is 16.0. The van der Waals surface area contributed by atoms with Crippen LogP contribution in [0.5, 0.6) is 0 Å². The zero-order valence-corrected chi connectivity index (χ0v) is 12.5. The lowest BCUT2D eigenvalue weighted by Crippen LogP contribution is -2.34. The van der Waals surface area contributed by atoms with E-state index in [1.54, 1.807) is 0 Å². The fraction of sp³-hybridized carbons (Fsp3) is 0.167. The number of anilines is 1. The maximum Gasteiger partial charge on any atom is 0.306 e. The highest BCUT2D eigenvalue weighted by Crippen LogP contribution is 2.31. The van der Waals surface area contributed by atoms with Gasteiger partial charge in [-0.05, 0) is 22.0 Å². The first-order chi connectivity index (χ1) is 10.3. The average Bonchev–Trinajstić information content (AvgIpc) is 2.69. The molecule has 0 spiro atoms. The second-order valence-electron chi connectivity index (χ2n) is 4.24. The van der Waals surface area contributed by atoms with Gasteiger partial charge in [0.1, 0.15) is 5.70 Å². The quantitative estimate of drug-likeness (QED) is 0.454. The number of hydrogen-bond acceptors (Lipinski definition) is 6. The summed E-state index contributed by atoms with van der Waals surface area (Å²) >= 11 is 3.02. The Morgan fingerprint density at radius 1 is 1.41 bits per heavy atom. The van der Waals surface area contributed by atoms with Crippen molar-refractivity contribution in [2.24, 2.45) is 0 Å². The number of halogens is 2. The molecule has 0 saturated carbocycles. The second-order valence-corrected chi connectivity index (χ2v) is 5.10. The van der Waals surface area contributed by atoms with Crippen LogP contribution < -0.4 is 5.32 Å². The first-order valence-corrected chi connectivity index (χ1v) is 6.73. The second kappa shape index (κ2) is 6.20. The van der Waals surface area contributed by atoms with E-state index in [4.69, 9.17) is 5.11 Å². The molecule has 0 aromatic heterocycles. The maximum atomic E-state index is 13.4. The van der Waals surface area contributed by atoms with Crippen molar-refractivity contribution >= 4 is 39.1 Å². The third-order valence-electron chi connectivity index (χ3n) is 2.84.